The first kappa shape index (κ1) is 4.28. The van der Waals surface area contributed by atoms with E-state index in [4.69, 9.17) is 8.15 Å². The van der Waals surface area contributed by atoms with Crippen molar-refractivity contribution in [1.82, 2.24) is 5.06 Å². The Morgan fingerprint density at radius 3 is 2.56 bits per heavy atom. The Morgan fingerprint density at radius 1 is 1.89 bits per heavy atom. The molecule has 0 amide bonds. The number of rotatable bonds is 0. The predicted molar refractivity (Wildman–Crippen MR) is 34.7 cm³/mol. The van der Waals surface area contributed by atoms with Crippen molar-refractivity contribution in [2.75, 3.05) is 0 Å². The summed E-state index contributed by atoms with van der Waals surface area (Å²) in [5.41, 5.74) is -0.652. The van der Waals surface area contributed by atoms with Crippen LogP contribution in [0.3, 0.4) is 0 Å². The summed E-state index contributed by atoms with van der Waals surface area (Å²) >= 11 is 0. The first-order valence-corrected chi connectivity index (χ1v) is 2.85. The Hall–Kier alpha value is -0.570. The van der Waals surface area contributed by atoms with Gasteiger partial charge in [0.05, 0.1) is 5.54 Å². The highest BCUT2D eigenvalue weighted by molar-refractivity contribution is 5.80. The van der Waals surface area contributed by atoms with Gasteiger partial charge in [-0.05, 0) is 20.3 Å². The summed E-state index contributed by atoms with van der Waals surface area (Å²) in [6, 6.07) is 0. The maximum atomic E-state index is 9.23. The third kappa shape index (κ3) is 0.920. The molecule has 0 spiro atoms. The summed E-state index contributed by atoms with van der Waals surface area (Å²) in [7, 11) is 0. The third-order valence-corrected chi connectivity index (χ3v) is 1.47. The van der Waals surface area contributed by atoms with E-state index in [0.29, 0.717) is 5.06 Å². The molecule has 3 nitrogen and oxygen atoms in total. The second kappa shape index (κ2) is 1.70. The molecule has 9 heavy (non-hydrogen) atoms. The van der Waals surface area contributed by atoms with Gasteiger partial charge in [0.1, 0.15) is 5.84 Å². The molecule has 2 N–H and O–H groups in total. The highest BCUT2D eigenvalue weighted by Crippen LogP contribution is 2.26. The summed E-state index contributed by atoms with van der Waals surface area (Å²) in [6.45, 7) is 3.40. The zero-order chi connectivity index (χ0) is 8.86. The summed E-state index contributed by atoms with van der Waals surface area (Å²) < 4.78 is 14.6. The molecule has 1 rings (SSSR count). The molecule has 0 bridgehead atoms. The highest BCUT2D eigenvalue weighted by Gasteiger charge is 2.34. The molecule has 1 aliphatic rings. The average Bonchev–Trinajstić information content (AvgIpc) is 1.91. The van der Waals surface area contributed by atoms with E-state index in [-0.39, 0.29) is 12.3 Å². The van der Waals surface area contributed by atoms with Gasteiger partial charge in [0.15, 0.2) is 0 Å². The zero-order valence-electron chi connectivity index (χ0n) is 7.60. The number of amidine groups is 1. The van der Waals surface area contributed by atoms with Crippen molar-refractivity contribution >= 4 is 5.84 Å². The molecule has 0 aromatic rings. The normalized spacial score (nSPS) is 34.1. The lowest BCUT2D eigenvalue weighted by molar-refractivity contribution is -0.0799. The maximum absolute atomic E-state index is 9.23. The van der Waals surface area contributed by atoms with E-state index < -0.39 is 11.9 Å². The minimum absolute atomic E-state index is 0.162. The standard InChI is InChI=1S/C6H12N2O/c1-6(2)4-3-5(7)8(6)9/h7,9H,3-4H2,1-2H3/i3D2. The van der Waals surface area contributed by atoms with Gasteiger partial charge >= 0.3 is 0 Å². The maximum Gasteiger partial charge on any atom is 0.121 e. The first-order chi connectivity index (χ1) is 4.77. The molecule has 0 radical (unpaired) electrons. The number of nitrogens with zero attached hydrogens (tertiary/aromatic N) is 1. The molecular weight excluding hydrogens is 116 g/mol. The SMILES string of the molecule is [2H]C1([2H])CC(C)(C)N(O)C1=N. The molecule has 1 heterocycles. The summed E-state index contributed by atoms with van der Waals surface area (Å²) in [5, 5.41) is 17.1. The second-order valence-electron chi connectivity index (χ2n) is 2.83. The van der Waals surface area contributed by atoms with Gasteiger partial charge in [0, 0.05) is 9.11 Å². The fourth-order valence-corrected chi connectivity index (χ4v) is 0.752. The third-order valence-electron chi connectivity index (χ3n) is 1.47. The molecular formula is C6H12N2O. The molecule has 3 heteroatoms. The second-order valence-corrected chi connectivity index (χ2v) is 2.83. The number of hydroxylamine groups is 2. The fourth-order valence-electron chi connectivity index (χ4n) is 0.752. The van der Waals surface area contributed by atoms with Crippen LogP contribution in [0, 0.1) is 5.41 Å². The van der Waals surface area contributed by atoms with E-state index in [1.165, 1.54) is 0 Å². The molecule has 52 valence electrons. The van der Waals surface area contributed by atoms with E-state index in [9.17, 15) is 5.21 Å². The van der Waals surface area contributed by atoms with E-state index in [0.717, 1.165) is 0 Å². The lowest BCUT2D eigenvalue weighted by atomic mass is 10.0. The molecule has 0 atom stereocenters. The van der Waals surface area contributed by atoms with Gasteiger partial charge in [0.25, 0.3) is 0 Å². The van der Waals surface area contributed by atoms with Crippen molar-refractivity contribution < 1.29 is 7.95 Å². The van der Waals surface area contributed by atoms with Gasteiger partial charge in [-0.15, -0.1) is 0 Å². The van der Waals surface area contributed by atoms with Gasteiger partial charge in [-0.1, -0.05) is 0 Å². The summed E-state index contributed by atoms with van der Waals surface area (Å²) in [5.74, 6) is -0.345. The van der Waals surface area contributed by atoms with Gasteiger partial charge in [-0.2, -0.15) is 0 Å². The minimum Gasteiger partial charge on any atom is -0.287 e. The average molecular weight is 130 g/mol. The van der Waals surface area contributed by atoms with Crippen molar-refractivity contribution in [2.24, 2.45) is 0 Å². The lowest BCUT2D eigenvalue weighted by Gasteiger charge is -2.25. The summed E-state index contributed by atoms with van der Waals surface area (Å²) in [6.07, 6.45) is -1.52. The van der Waals surface area contributed by atoms with Crippen molar-refractivity contribution in [1.29, 1.82) is 5.41 Å². The number of hydrogen-bond acceptors (Lipinski definition) is 2. The van der Waals surface area contributed by atoms with Gasteiger partial charge in [-0.3, -0.25) is 10.6 Å². The van der Waals surface area contributed by atoms with Crippen LogP contribution in [-0.4, -0.2) is 21.6 Å². The van der Waals surface area contributed by atoms with Crippen LogP contribution in [0.4, 0.5) is 0 Å². The largest absolute Gasteiger partial charge is 0.287 e. The van der Waals surface area contributed by atoms with Crippen molar-refractivity contribution in [3.63, 3.8) is 0 Å². The summed E-state index contributed by atoms with van der Waals surface area (Å²) in [4.78, 5) is 0. The predicted octanol–water partition coefficient (Wildman–Crippen LogP) is 1.23. The molecule has 0 saturated carbocycles. The van der Waals surface area contributed by atoms with Crippen LogP contribution in [0.25, 0.3) is 0 Å². The Kier molecular flexibility index (Phi) is 0.810. The van der Waals surface area contributed by atoms with Gasteiger partial charge < -0.3 is 0 Å². The van der Waals surface area contributed by atoms with Crippen molar-refractivity contribution in [3.05, 3.63) is 0 Å². The van der Waals surface area contributed by atoms with E-state index >= 15 is 0 Å². The topological polar surface area (TPSA) is 47.3 Å². The van der Waals surface area contributed by atoms with Gasteiger partial charge in [-0.25, -0.2) is 5.06 Å². The fraction of sp³-hybridized carbons (Fsp3) is 0.833. The van der Waals surface area contributed by atoms with E-state index in [1.54, 1.807) is 13.8 Å². The molecule has 1 fully saturated rings. The smallest absolute Gasteiger partial charge is 0.121 e. The Labute approximate surface area is 57.6 Å². The molecule has 0 aromatic heterocycles. The Bertz CT molecular complexity index is 203. The molecule has 0 unspecified atom stereocenters. The minimum atomic E-state index is -1.68. The lowest BCUT2D eigenvalue weighted by Crippen LogP contribution is -2.37. The van der Waals surface area contributed by atoms with E-state index in [1.807, 2.05) is 0 Å². The first-order valence-electron chi connectivity index (χ1n) is 3.85. The Balaban J connectivity index is 2.96. The van der Waals surface area contributed by atoms with Crippen LogP contribution < -0.4 is 0 Å². The number of nitrogens with one attached hydrogen (secondary N) is 1. The van der Waals surface area contributed by atoms with Crippen LogP contribution in [0.5, 0.6) is 0 Å². The molecule has 1 aliphatic heterocycles. The van der Waals surface area contributed by atoms with Crippen molar-refractivity contribution in [3.8, 4) is 0 Å². The molecule has 1 saturated heterocycles. The quantitative estimate of drug-likeness (QED) is 0.518. The van der Waals surface area contributed by atoms with Crippen LogP contribution in [-0.2, 0) is 0 Å². The Morgan fingerprint density at radius 2 is 2.44 bits per heavy atom. The molecule has 0 aliphatic carbocycles. The van der Waals surface area contributed by atoms with Crippen molar-refractivity contribution in [2.45, 2.75) is 32.2 Å². The zero-order valence-corrected chi connectivity index (χ0v) is 5.60. The van der Waals surface area contributed by atoms with Crippen LogP contribution in [0.2, 0.25) is 0 Å². The highest BCUT2D eigenvalue weighted by atomic mass is 16.5. The van der Waals surface area contributed by atoms with Gasteiger partial charge in [0.2, 0.25) is 0 Å². The molecule has 0 aromatic carbocycles. The monoisotopic (exact) mass is 130 g/mol. The van der Waals surface area contributed by atoms with Crippen LogP contribution in [0.1, 0.15) is 29.4 Å². The van der Waals surface area contributed by atoms with Crippen LogP contribution >= 0.6 is 0 Å². The van der Waals surface area contributed by atoms with E-state index in [2.05, 4.69) is 0 Å². The van der Waals surface area contributed by atoms with Crippen LogP contribution in [0.15, 0.2) is 0 Å². The number of hydrogen-bond donors (Lipinski definition) is 2.